The van der Waals surface area contributed by atoms with Crippen LogP contribution in [0.2, 0.25) is 5.02 Å². The second kappa shape index (κ2) is 6.48. The van der Waals surface area contributed by atoms with E-state index >= 15 is 0 Å². The molecule has 1 heterocycles. The number of aromatic nitrogens is 1. The Hall–Kier alpha value is -0.940. The van der Waals surface area contributed by atoms with E-state index in [-0.39, 0.29) is 17.6 Å². The third kappa shape index (κ3) is 3.76. The van der Waals surface area contributed by atoms with Gasteiger partial charge in [0.15, 0.2) is 0 Å². The van der Waals surface area contributed by atoms with Gasteiger partial charge < -0.3 is 11.1 Å². The number of hydrogen-bond acceptors (Lipinski definition) is 4. The molecule has 2 unspecified atom stereocenters. The molecule has 1 aromatic heterocycles. The number of carbonyl (C=O) groups is 1. The quantitative estimate of drug-likeness (QED) is 0.900. The predicted molar refractivity (Wildman–Crippen MR) is 80.7 cm³/mol. The lowest BCUT2D eigenvalue weighted by Crippen LogP contribution is -2.39. The fraction of sp³-hybridized carbons (Fsp3) is 0.538. The zero-order valence-electron chi connectivity index (χ0n) is 10.9. The van der Waals surface area contributed by atoms with Crippen molar-refractivity contribution < 1.29 is 4.79 Å². The summed E-state index contributed by atoms with van der Waals surface area (Å²) in [6.45, 7) is 0. The topological polar surface area (TPSA) is 68.0 Å². The third-order valence-corrected chi connectivity index (χ3v) is 4.78. The van der Waals surface area contributed by atoms with Crippen molar-refractivity contribution in [1.82, 2.24) is 10.3 Å². The van der Waals surface area contributed by atoms with Crippen LogP contribution in [-0.2, 0) is 0 Å². The summed E-state index contributed by atoms with van der Waals surface area (Å²) in [5.74, 6) is 0.0734. The largest absolute Gasteiger partial charge is 0.384 e. The molecule has 1 aliphatic carbocycles. The first-order valence-corrected chi connectivity index (χ1v) is 8.02. The molecule has 19 heavy (non-hydrogen) atoms. The highest BCUT2D eigenvalue weighted by molar-refractivity contribution is 7.99. The van der Waals surface area contributed by atoms with E-state index in [1.54, 1.807) is 12.1 Å². The third-order valence-electron chi connectivity index (χ3n) is 3.38. The number of nitrogens with two attached hydrogens (primary N) is 1. The van der Waals surface area contributed by atoms with Crippen LogP contribution < -0.4 is 11.1 Å². The minimum absolute atomic E-state index is 0.206. The Labute approximate surface area is 122 Å². The Morgan fingerprint density at radius 1 is 1.53 bits per heavy atom. The number of anilines is 1. The number of carbonyl (C=O) groups excluding carboxylic acids is 1. The van der Waals surface area contributed by atoms with Gasteiger partial charge in [0, 0.05) is 11.3 Å². The second-order valence-corrected chi connectivity index (χ2v) is 6.31. The number of pyridine rings is 1. The Bertz CT molecular complexity index is 469. The van der Waals surface area contributed by atoms with Crippen LogP contribution in [0.3, 0.4) is 0 Å². The minimum atomic E-state index is -0.232. The van der Waals surface area contributed by atoms with E-state index in [2.05, 4.69) is 16.6 Å². The summed E-state index contributed by atoms with van der Waals surface area (Å²) in [4.78, 5) is 16.2. The fourth-order valence-electron chi connectivity index (χ4n) is 2.36. The van der Waals surface area contributed by atoms with Crippen LogP contribution in [0.15, 0.2) is 12.1 Å². The number of nitrogens with zero attached hydrogens (tertiary/aromatic N) is 1. The van der Waals surface area contributed by atoms with Crippen LogP contribution >= 0.6 is 23.4 Å². The number of hydrogen-bond donors (Lipinski definition) is 2. The van der Waals surface area contributed by atoms with Gasteiger partial charge in [0.05, 0.1) is 5.02 Å². The van der Waals surface area contributed by atoms with Gasteiger partial charge in [-0.2, -0.15) is 11.8 Å². The lowest BCUT2D eigenvalue weighted by atomic mass is 9.95. The predicted octanol–water partition coefficient (Wildman–Crippen LogP) is 2.72. The van der Waals surface area contributed by atoms with Crippen LogP contribution in [0.5, 0.6) is 0 Å². The molecule has 1 amide bonds. The molecule has 4 nitrogen and oxygen atoms in total. The molecule has 0 radical (unpaired) electrons. The highest BCUT2D eigenvalue weighted by atomic mass is 35.5. The molecule has 1 aromatic rings. The van der Waals surface area contributed by atoms with E-state index in [0.29, 0.717) is 16.1 Å². The van der Waals surface area contributed by atoms with Gasteiger partial charge in [-0.25, -0.2) is 4.98 Å². The molecule has 0 aliphatic heterocycles. The van der Waals surface area contributed by atoms with Gasteiger partial charge in [-0.3, -0.25) is 4.79 Å². The second-order valence-electron chi connectivity index (χ2n) is 4.76. The van der Waals surface area contributed by atoms with Gasteiger partial charge in [-0.05, 0) is 37.7 Å². The summed E-state index contributed by atoms with van der Waals surface area (Å²) in [5.41, 5.74) is 5.80. The molecule has 3 N–H and O–H groups in total. The van der Waals surface area contributed by atoms with E-state index in [4.69, 9.17) is 17.3 Å². The number of nitrogens with one attached hydrogen (secondary N) is 1. The Kier molecular flexibility index (Phi) is 4.93. The van der Waals surface area contributed by atoms with Crippen molar-refractivity contribution in [3.05, 3.63) is 22.8 Å². The molecule has 6 heteroatoms. The number of rotatable bonds is 3. The molecule has 104 valence electrons. The van der Waals surface area contributed by atoms with Crippen LogP contribution in [-0.4, -0.2) is 28.4 Å². The summed E-state index contributed by atoms with van der Waals surface area (Å²) in [6.07, 6.45) is 6.51. The van der Waals surface area contributed by atoms with Crippen molar-refractivity contribution in [2.75, 3.05) is 12.0 Å². The summed E-state index contributed by atoms with van der Waals surface area (Å²) >= 11 is 7.85. The number of halogens is 1. The minimum Gasteiger partial charge on any atom is -0.384 e. The molecule has 2 atom stereocenters. The first-order valence-electron chi connectivity index (χ1n) is 6.36. The highest BCUT2D eigenvalue weighted by Gasteiger charge is 2.24. The van der Waals surface area contributed by atoms with Crippen molar-refractivity contribution in [3.63, 3.8) is 0 Å². The summed E-state index contributed by atoms with van der Waals surface area (Å²) in [7, 11) is 0. The normalized spacial score (nSPS) is 23.1. The van der Waals surface area contributed by atoms with Gasteiger partial charge >= 0.3 is 0 Å². The lowest BCUT2D eigenvalue weighted by Gasteiger charge is -2.28. The molecule has 1 aliphatic rings. The van der Waals surface area contributed by atoms with Crippen molar-refractivity contribution in [2.45, 2.75) is 37.0 Å². The van der Waals surface area contributed by atoms with Gasteiger partial charge in [0.1, 0.15) is 11.5 Å². The Morgan fingerprint density at radius 2 is 2.32 bits per heavy atom. The average molecular weight is 300 g/mol. The van der Waals surface area contributed by atoms with Crippen molar-refractivity contribution in [2.24, 2.45) is 0 Å². The van der Waals surface area contributed by atoms with Crippen molar-refractivity contribution in [3.8, 4) is 0 Å². The van der Waals surface area contributed by atoms with E-state index in [1.807, 2.05) is 11.8 Å². The molecule has 0 bridgehead atoms. The summed E-state index contributed by atoms with van der Waals surface area (Å²) < 4.78 is 0. The van der Waals surface area contributed by atoms with Gasteiger partial charge in [-0.15, -0.1) is 0 Å². The fourth-order valence-corrected chi connectivity index (χ4v) is 3.38. The van der Waals surface area contributed by atoms with Crippen LogP contribution in [0.1, 0.15) is 36.2 Å². The van der Waals surface area contributed by atoms with Crippen LogP contribution in [0.25, 0.3) is 0 Å². The molecule has 0 spiro atoms. The number of nitrogen functional groups attached to an aromatic ring is 1. The monoisotopic (exact) mass is 299 g/mol. The van der Waals surface area contributed by atoms with Gasteiger partial charge in [0.2, 0.25) is 0 Å². The maximum absolute atomic E-state index is 12.2. The summed E-state index contributed by atoms with van der Waals surface area (Å²) in [5, 5.41) is 3.98. The summed E-state index contributed by atoms with van der Waals surface area (Å²) in [6, 6.07) is 3.39. The number of amides is 1. The maximum Gasteiger partial charge on any atom is 0.271 e. The molecular formula is C13H18ClN3OS. The van der Waals surface area contributed by atoms with E-state index < -0.39 is 0 Å². The van der Waals surface area contributed by atoms with E-state index in [1.165, 1.54) is 6.42 Å². The molecule has 0 aromatic carbocycles. The Morgan fingerprint density at radius 3 is 3.05 bits per heavy atom. The lowest BCUT2D eigenvalue weighted by molar-refractivity contribution is 0.0923. The standard InChI is InChI=1S/C13H18ClN3OS/c1-19-9-4-2-3-8(7-9)16-13(18)12-10(14)5-6-11(15)17-12/h5-6,8-9H,2-4,7H2,1H3,(H2,15,17)(H,16,18). The number of thioether (sulfide) groups is 1. The first kappa shape index (κ1) is 14.5. The van der Waals surface area contributed by atoms with Crippen LogP contribution in [0, 0.1) is 0 Å². The van der Waals surface area contributed by atoms with Crippen LogP contribution in [0.4, 0.5) is 5.82 Å². The average Bonchev–Trinajstić information content (AvgIpc) is 2.41. The van der Waals surface area contributed by atoms with Crippen molar-refractivity contribution in [1.29, 1.82) is 0 Å². The van der Waals surface area contributed by atoms with Gasteiger partial charge in [-0.1, -0.05) is 18.0 Å². The first-order chi connectivity index (χ1) is 9.10. The molecule has 0 saturated heterocycles. The SMILES string of the molecule is CSC1CCCC(NC(=O)c2nc(N)ccc2Cl)C1. The Balaban J connectivity index is 2.02. The van der Waals surface area contributed by atoms with E-state index in [0.717, 1.165) is 19.3 Å². The molecule has 1 fully saturated rings. The zero-order valence-corrected chi connectivity index (χ0v) is 12.4. The van der Waals surface area contributed by atoms with Crippen molar-refractivity contribution >= 4 is 35.1 Å². The smallest absolute Gasteiger partial charge is 0.271 e. The van der Waals surface area contributed by atoms with E-state index in [9.17, 15) is 4.79 Å². The molecule has 2 rings (SSSR count). The molecule has 1 saturated carbocycles. The highest BCUT2D eigenvalue weighted by Crippen LogP contribution is 2.27. The molecular weight excluding hydrogens is 282 g/mol. The maximum atomic E-state index is 12.2. The zero-order chi connectivity index (χ0) is 13.8. The van der Waals surface area contributed by atoms with Gasteiger partial charge in [0.25, 0.3) is 5.91 Å².